The maximum absolute atomic E-state index is 12.2. The van der Waals surface area contributed by atoms with Crippen molar-refractivity contribution in [2.24, 2.45) is 5.92 Å². The predicted molar refractivity (Wildman–Crippen MR) is 133 cm³/mol. The summed E-state index contributed by atoms with van der Waals surface area (Å²) < 4.78 is 18.9. The van der Waals surface area contributed by atoms with Crippen molar-refractivity contribution in [3.63, 3.8) is 0 Å². The van der Waals surface area contributed by atoms with Gasteiger partial charge >= 0.3 is 153 Å². The van der Waals surface area contributed by atoms with Crippen LogP contribution in [0.1, 0.15) is 27.2 Å². The second kappa shape index (κ2) is 13.7. The molecule has 0 fully saturated rings. The van der Waals surface area contributed by atoms with Gasteiger partial charge in [-0.2, -0.15) is 0 Å². The van der Waals surface area contributed by atoms with Gasteiger partial charge < -0.3 is 0 Å². The standard InChI is InChI=1S/C18H32IO4Si.3CH3.Sn/c1-7-8-18(20)23-17(13-19)12-15(2)11-16(3)22-14-21-9-10-24(4,5)6;;;;/h8,11,15,17H,9-10,12-14H2,1-6H3;3*1H3;/b8-7?,16-11+;;;;/t15-,17+;;;;/m0..../s1. The Morgan fingerprint density at radius 2 is 1.79 bits per heavy atom. The fourth-order valence-corrected chi connectivity index (χ4v) is 5.11. The van der Waals surface area contributed by atoms with Gasteiger partial charge in [0, 0.05) is 14.7 Å². The van der Waals surface area contributed by atoms with E-state index in [2.05, 4.69) is 77.0 Å². The Morgan fingerprint density at radius 1 is 1.18 bits per heavy atom. The summed E-state index contributed by atoms with van der Waals surface area (Å²) in [5.74, 6) is 0.920. The van der Waals surface area contributed by atoms with Crippen molar-refractivity contribution in [3.05, 3.63) is 21.5 Å². The number of allylic oxidation sites excluding steroid dienone is 3. The van der Waals surface area contributed by atoms with E-state index in [0.717, 1.165) is 29.3 Å². The van der Waals surface area contributed by atoms with E-state index in [1.165, 1.54) is 3.59 Å². The average Bonchev–Trinajstić information content (AvgIpc) is 2.51. The first-order valence-electron chi connectivity index (χ1n) is 10.1. The quantitative estimate of drug-likeness (QED) is 0.0345. The van der Waals surface area contributed by atoms with E-state index in [1.807, 2.05) is 6.92 Å². The first kappa shape index (κ1) is 28.5. The molecular weight excluding hydrogens is 590 g/mol. The Hall–Kier alpha value is 0.456. The molecule has 0 aromatic rings. The summed E-state index contributed by atoms with van der Waals surface area (Å²) in [5, 5.41) is 0. The second-order valence-corrected chi connectivity index (χ2v) is 31.4. The molecule has 0 bridgehead atoms. The molecule has 0 aliphatic rings. The van der Waals surface area contributed by atoms with E-state index in [-0.39, 0.29) is 18.0 Å². The van der Waals surface area contributed by atoms with Crippen LogP contribution in [0.3, 0.4) is 0 Å². The van der Waals surface area contributed by atoms with E-state index >= 15 is 0 Å². The zero-order chi connectivity index (χ0) is 22.0. The van der Waals surface area contributed by atoms with Crippen LogP contribution in [0.25, 0.3) is 0 Å². The van der Waals surface area contributed by atoms with Crippen LogP contribution in [-0.4, -0.2) is 56.4 Å². The smallest absolute Gasteiger partial charge is 0.0695 e. The molecule has 7 heteroatoms. The molecule has 0 unspecified atom stereocenters. The number of alkyl halides is 1. The average molecular weight is 631 g/mol. The third kappa shape index (κ3) is 15.3. The summed E-state index contributed by atoms with van der Waals surface area (Å²) >= 11 is 0.113. The van der Waals surface area contributed by atoms with Crippen LogP contribution in [0.5, 0.6) is 0 Å². The van der Waals surface area contributed by atoms with Crippen molar-refractivity contribution in [1.29, 1.82) is 0 Å². The van der Waals surface area contributed by atoms with Crippen molar-refractivity contribution in [3.8, 4) is 0 Å². The number of carbonyl (C=O) groups is 1. The van der Waals surface area contributed by atoms with Gasteiger partial charge in [-0.1, -0.05) is 19.6 Å². The van der Waals surface area contributed by atoms with Gasteiger partial charge in [-0.15, -0.1) is 0 Å². The molecule has 0 aromatic carbocycles. The summed E-state index contributed by atoms with van der Waals surface area (Å²) in [6.07, 6.45) is 4.50. The Labute approximate surface area is 191 Å². The van der Waals surface area contributed by atoms with Crippen LogP contribution in [0.15, 0.2) is 21.5 Å². The van der Waals surface area contributed by atoms with Gasteiger partial charge in [0.05, 0.1) is 0 Å². The Bertz CT molecular complexity index is 536. The Kier molecular flexibility index (Phi) is 13.9. The molecule has 0 radical (unpaired) electrons. The molecule has 0 N–H and O–H groups in total. The SMILES string of the molecule is C/C(=C\[C@H](C)C[C@H](CI)OC(=O)/C=[C](\C)[Sn]([CH3])([CH3])[CH3])OCOCC[Si](C)(C)C. The normalized spacial score (nSPS) is 15.9. The van der Waals surface area contributed by atoms with E-state index in [1.54, 1.807) is 6.08 Å². The molecule has 0 aliphatic heterocycles. The number of carbonyl (C=O) groups excluding carboxylic acids is 1. The summed E-state index contributed by atoms with van der Waals surface area (Å²) in [6.45, 7) is 14.2. The third-order valence-corrected chi connectivity index (χ3v) is 14.3. The predicted octanol–water partition coefficient (Wildman–Crippen LogP) is 6.42. The molecule has 0 spiro atoms. The van der Waals surface area contributed by atoms with E-state index in [9.17, 15) is 4.79 Å². The molecule has 0 amide bonds. The minimum Gasteiger partial charge on any atom is -0.0695 e. The van der Waals surface area contributed by atoms with Crippen molar-refractivity contribution in [2.75, 3.05) is 17.8 Å². The molecule has 2 atom stereocenters. The first-order valence-corrected chi connectivity index (χ1v) is 25.3. The summed E-state index contributed by atoms with van der Waals surface area (Å²) in [5.41, 5.74) is 0. The topological polar surface area (TPSA) is 44.8 Å². The molecule has 164 valence electrons. The zero-order valence-electron chi connectivity index (χ0n) is 19.4. The summed E-state index contributed by atoms with van der Waals surface area (Å²) in [4.78, 5) is 19.1. The molecule has 0 heterocycles. The molecule has 0 saturated heterocycles. The number of hydrogen-bond donors (Lipinski definition) is 0. The van der Waals surface area contributed by atoms with Gasteiger partial charge in [0.1, 0.15) is 0 Å². The first-order chi connectivity index (χ1) is 12.7. The summed E-state index contributed by atoms with van der Waals surface area (Å²) in [7, 11) is -1.06. The molecular formula is C21H41IO4SiSn. The van der Waals surface area contributed by atoms with Crippen molar-refractivity contribution >= 4 is 55.0 Å². The van der Waals surface area contributed by atoms with E-state index in [4.69, 9.17) is 14.2 Å². The fourth-order valence-electron chi connectivity index (χ4n) is 2.24. The van der Waals surface area contributed by atoms with Crippen LogP contribution in [-0.2, 0) is 19.0 Å². The van der Waals surface area contributed by atoms with E-state index < -0.39 is 26.5 Å². The minimum atomic E-state index is -2.17. The van der Waals surface area contributed by atoms with Gasteiger partial charge in [0.25, 0.3) is 0 Å². The summed E-state index contributed by atoms with van der Waals surface area (Å²) in [6, 6.07) is 1.14. The minimum absolute atomic E-state index is 0.0839. The van der Waals surface area contributed by atoms with Crippen LogP contribution in [0.4, 0.5) is 0 Å². The number of halogens is 1. The molecule has 0 rings (SSSR count). The van der Waals surface area contributed by atoms with Crippen molar-refractivity contribution < 1.29 is 19.0 Å². The third-order valence-electron chi connectivity index (χ3n) is 4.49. The van der Waals surface area contributed by atoms with Crippen LogP contribution < -0.4 is 0 Å². The van der Waals surface area contributed by atoms with Gasteiger partial charge in [0.2, 0.25) is 0 Å². The monoisotopic (exact) mass is 632 g/mol. The van der Waals surface area contributed by atoms with Gasteiger partial charge in [-0.05, 0) is 6.04 Å². The number of hydrogen-bond acceptors (Lipinski definition) is 4. The number of ether oxygens (including phenoxy) is 3. The maximum atomic E-state index is 12.2. The molecule has 4 nitrogen and oxygen atoms in total. The molecule has 28 heavy (non-hydrogen) atoms. The van der Waals surface area contributed by atoms with Crippen LogP contribution in [0, 0.1) is 5.92 Å². The molecule has 0 saturated carbocycles. The Morgan fingerprint density at radius 3 is 2.29 bits per heavy atom. The van der Waals surface area contributed by atoms with Gasteiger partial charge in [0.15, 0.2) is 0 Å². The van der Waals surface area contributed by atoms with Gasteiger partial charge in [-0.25, -0.2) is 0 Å². The van der Waals surface area contributed by atoms with Crippen LogP contribution in [0.2, 0.25) is 40.5 Å². The van der Waals surface area contributed by atoms with E-state index in [0.29, 0.717) is 6.79 Å². The Balaban J connectivity index is 4.42. The number of esters is 1. The van der Waals surface area contributed by atoms with Crippen LogP contribution >= 0.6 is 22.6 Å². The second-order valence-electron chi connectivity index (χ2n) is 9.76. The fraction of sp³-hybridized carbons (Fsp3) is 0.762. The molecule has 0 aliphatic carbocycles. The number of rotatable bonds is 13. The molecule has 0 aromatic heterocycles. The van der Waals surface area contributed by atoms with Gasteiger partial charge in [-0.3, -0.25) is 0 Å². The van der Waals surface area contributed by atoms with Crippen molar-refractivity contribution in [2.45, 2.75) is 73.8 Å². The van der Waals surface area contributed by atoms with Crippen molar-refractivity contribution in [1.82, 2.24) is 0 Å². The zero-order valence-corrected chi connectivity index (χ0v) is 25.4.